The van der Waals surface area contributed by atoms with E-state index in [1.54, 1.807) is 79.3 Å². The van der Waals surface area contributed by atoms with Gasteiger partial charge in [0.05, 0.1) is 23.9 Å². The number of H-pyrrole nitrogens is 3. The Morgan fingerprint density at radius 3 is 1.77 bits per heavy atom. The summed E-state index contributed by atoms with van der Waals surface area (Å²) in [4.78, 5) is 224. The van der Waals surface area contributed by atoms with Crippen LogP contribution in [0, 0.1) is 23.7 Å². The van der Waals surface area contributed by atoms with Crippen molar-refractivity contribution < 1.29 is 77.3 Å². The Hall–Kier alpha value is -10.2. The summed E-state index contributed by atoms with van der Waals surface area (Å²) in [5, 5.41) is 40.1. The summed E-state index contributed by atoms with van der Waals surface area (Å²) < 4.78 is 0. The van der Waals surface area contributed by atoms with E-state index in [0.717, 1.165) is 32.5 Å². The molecule has 32 heteroatoms. The average molecular weight is 1510 g/mol. The molecule has 3 aromatic heterocycles. The molecule has 3 fully saturated rings. The molecule has 3 saturated heterocycles. The van der Waals surface area contributed by atoms with Crippen LogP contribution in [0.25, 0.3) is 21.8 Å². The Morgan fingerprint density at radius 1 is 0.519 bits per heavy atom. The first-order chi connectivity index (χ1) is 50.9. The highest BCUT2D eigenvalue weighted by Crippen LogP contribution is 2.33. The number of aliphatic imine (C=N–C) groups is 1. The smallest absolute Gasteiger partial charge is 0.303 e. The molecule has 12 N–H and O–H groups in total. The largest absolute Gasteiger partial charge is 0.481 e. The van der Waals surface area contributed by atoms with Crippen LogP contribution in [0.4, 0.5) is 0 Å². The number of aromatic nitrogens is 4. The molecule has 4 aliphatic rings. The normalized spacial score (nSPS) is 25.9. The summed E-state index contributed by atoms with van der Waals surface area (Å²) in [7, 11) is 2.06. The second kappa shape index (κ2) is 37.2. The molecule has 29 nitrogen and oxygen atoms in total. The zero-order chi connectivity index (χ0) is 75.6. The van der Waals surface area contributed by atoms with Crippen molar-refractivity contribution in [3.8, 4) is 0 Å². The minimum Gasteiger partial charge on any atom is -0.481 e. The third kappa shape index (κ3) is 21.3. The quantitative estimate of drug-likeness (QED) is 0.0605. The van der Waals surface area contributed by atoms with Crippen LogP contribution in [-0.2, 0) is 92.8 Å². The van der Waals surface area contributed by atoms with Gasteiger partial charge in [0, 0.05) is 164 Å². The summed E-state index contributed by atoms with van der Waals surface area (Å²) in [6, 6.07) is 11.3. The SMILES string of the molecule is C[C@@H]1CC(=O)[C@@H]2CSSC[C@H](NC(=O)[C@H](Cc3c[nH]c4ccccc34)NC(=O)[C@H](C)NC(=O)[C@H](CCC(=O)O)NC(=O)[C@H](CCC(=O)O)CC1=O)C(=O)N1CSC[C@H]1C(=O)N[C@@H](Cc1c[nH]cn1)C(=O)N[C@H](Cc1ccccc1)C(=O)N[C@@H](CC1=CCC=N1)C(=O)C[C@@H](Cc1c[nH]c3ccccc13)C(=O)C2. The highest BCUT2D eigenvalue weighted by Gasteiger charge is 2.43. The van der Waals surface area contributed by atoms with Crippen LogP contribution in [-0.4, -0.2) is 195 Å². The van der Waals surface area contributed by atoms with Gasteiger partial charge in [-0.25, -0.2) is 4.98 Å². The molecule has 0 spiro atoms. The lowest BCUT2D eigenvalue weighted by Crippen LogP contribution is -2.61. The summed E-state index contributed by atoms with van der Waals surface area (Å²) in [5.74, 6) is -18.0. The second-order valence-corrected chi connectivity index (χ2v) is 30.6. The number of thioether (sulfide) groups is 1. The lowest BCUT2D eigenvalue weighted by molar-refractivity contribution is -0.141. The van der Waals surface area contributed by atoms with Crippen molar-refractivity contribution in [1.82, 2.24) is 62.1 Å². The third-order valence-electron chi connectivity index (χ3n) is 19.3. The van der Waals surface area contributed by atoms with Gasteiger partial charge in [0.2, 0.25) is 47.3 Å². The molecule has 2 bridgehead atoms. The molecule has 106 heavy (non-hydrogen) atoms. The first kappa shape index (κ1) is 78.4. The van der Waals surface area contributed by atoms with Crippen LogP contribution in [0.15, 0.2) is 121 Å². The fourth-order valence-corrected chi connectivity index (χ4v) is 16.9. The highest BCUT2D eigenvalue weighted by atomic mass is 33.1. The topological polar surface area (TPSA) is 440 Å². The number of Topliss-reactive ketones (excluding diaryl/α,β-unsaturated/α-hetero) is 4. The summed E-state index contributed by atoms with van der Waals surface area (Å²) in [6.45, 7) is 2.69. The van der Waals surface area contributed by atoms with E-state index >= 15 is 38.4 Å². The van der Waals surface area contributed by atoms with Gasteiger partial charge in [-0.3, -0.25) is 72.1 Å². The van der Waals surface area contributed by atoms with Gasteiger partial charge in [-0.1, -0.05) is 101 Å². The van der Waals surface area contributed by atoms with E-state index in [9.17, 15) is 39.0 Å². The number of ketones is 4. The highest BCUT2D eigenvalue weighted by molar-refractivity contribution is 8.76. The predicted molar refractivity (Wildman–Crippen MR) is 396 cm³/mol. The van der Waals surface area contributed by atoms with E-state index in [1.165, 1.54) is 43.0 Å². The molecule has 6 aromatic rings. The van der Waals surface area contributed by atoms with Crippen LogP contribution in [0.2, 0.25) is 0 Å². The minimum atomic E-state index is -1.69. The van der Waals surface area contributed by atoms with E-state index < -0.39 is 206 Å². The maximum Gasteiger partial charge on any atom is 0.303 e. The van der Waals surface area contributed by atoms with Crippen molar-refractivity contribution >= 4 is 144 Å². The second-order valence-electron chi connectivity index (χ2n) is 27.1. The molecule has 0 radical (unpaired) electrons. The van der Waals surface area contributed by atoms with E-state index in [1.807, 2.05) is 24.3 Å². The fourth-order valence-electron chi connectivity index (χ4n) is 13.3. The van der Waals surface area contributed by atoms with Crippen molar-refractivity contribution in [3.63, 3.8) is 0 Å². The molecule has 8 amide bonds. The van der Waals surface area contributed by atoms with Gasteiger partial charge >= 0.3 is 11.9 Å². The van der Waals surface area contributed by atoms with Gasteiger partial charge in [0.15, 0.2) is 5.78 Å². The molecule has 10 rings (SSSR count). The number of carboxylic acid groups (broad SMARTS) is 2. The number of aliphatic carboxylic acids is 2. The zero-order valence-corrected chi connectivity index (χ0v) is 60.8. The van der Waals surface area contributed by atoms with Gasteiger partial charge < -0.3 is 67.3 Å². The number of hydrogen-bond acceptors (Lipinski definition) is 19. The molecular formula is C74H85N13O16S3. The lowest BCUT2D eigenvalue weighted by atomic mass is 9.82. The predicted octanol–water partition coefficient (Wildman–Crippen LogP) is 4.17. The number of benzene rings is 3. The number of imidazole rings is 1. The van der Waals surface area contributed by atoms with E-state index in [2.05, 4.69) is 62.1 Å². The number of nitrogens with zero attached hydrogens (tertiary/aromatic N) is 3. The molecule has 560 valence electrons. The summed E-state index contributed by atoms with van der Waals surface area (Å²) >= 11 is 1.20. The molecule has 4 aliphatic heterocycles. The van der Waals surface area contributed by atoms with Crippen LogP contribution in [0.3, 0.4) is 0 Å². The average Bonchev–Trinajstić information content (AvgIpc) is 1.81. The molecular weight excluding hydrogens is 1420 g/mol. The van der Waals surface area contributed by atoms with Gasteiger partial charge in [0.1, 0.15) is 59.6 Å². The van der Waals surface area contributed by atoms with Crippen molar-refractivity contribution in [2.24, 2.45) is 28.7 Å². The molecule has 7 heterocycles. The van der Waals surface area contributed by atoms with E-state index in [4.69, 9.17) is 0 Å². The van der Waals surface area contributed by atoms with Crippen molar-refractivity contribution in [3.05, 3.63) is 138 Å². The maximum atomic E-state index is 15.7. The van der Waals surface area contributed by atoms with Crippen LogP contribution < -0.4 is 37.2 Å². The number of nitrogens with one attached hydrogen (secondary N) is 10. The van der Waals surface area contributed by atoms with Crippen molar-refractivity contribution in [2.75, 3.05) is 23.1 Å². The number of para-hydroxylation sites is 2. The van der Waals surface area contributed by atoms with E-state index in [-0.39, 0.29) is 55.2 Å². The molecule has 0 aliphatic carbocycles. The number of carbonyl (C=O) groups is 14. The third-order valence-corrected chi connectivity index (χ3v) is 22.8. The van der Waals surface area contributed by atoms with Crippen LogP contribution in [0.5, 0.6) is 0 Å². The standard InChI is InChI=1S/C74H85N13O16S3/c1-40-23-62(89)47-29-63(90)44(25-45-32-77-52-16-8-6-14-50(45)52)28-64(91)55(30-48-13-10-22-76-48)82-70(99)56(24-42-11-4-3-5-12-42)84-72(101)58(31-49-34-75-38-79-49)85-73(102)60-37-104-39-87(60)74(103)59(36-106-105-35-47)86-71(100)57(26-46-33-78-53-17-9-7-15-51(46)53)83-67(96)41(2)80-69(98)54(19-21-66(94)95)81-68(97)43(27-61(40)88)18-20-65(92)93/h3-9,11-17,22,32-34,38,40-41,43-44,47,54-60,77-78H,10,18-21,23-31,35-37,39H2,1-2H3,(H,75,79)(H,80,98)(H,81,97)(H,82,99)(H,83,96)(H,84,101)(H,85,102)(H,86,100)(H,92,93)(H,94,95)/t40-,41+,43-,44-,47+,54+,55+,56-,57+,58+,59+,60+/m1/s1. The molecule has 0 unspecified atom stereocenters. The minimum absolute atomic E-state index is 0.00144. The molecule has 12 atom stereocenters. The Kier molecular flexibility index (Phi) is 27.5. The molecule has 3 aromatic carbocycles. The van der Waals surface area contributed by atoms with Crippen LogP contribution >= 0.6 is 33.3 Å². The number of rotatable bonds is 16. The monoisotopic (exact) mass is 1510 g/mol. The number of fused-ring (bicyclic) bond motifs is 8. The van der Waals surface area contributed by atoms with Crippen molar-refractivity contribution in [1.29, 1.82) is 0 Å². The van der Waals surface area contributed by atoms with Gasteiger partial charge in [-0.15, -0.1) is 11.8 Å². The number of hydrogen-bond donors (Lipinski definition) is 12. The van der Waals surface area contributed by atoms with Gasteiger partial charge in [-0.2, -0.15) is 0 Å². The zero-order valence-electron chi connectivity index (χ0n) is 58.3. The Balaban J connectivity index is 1.08. The number of amides is 8. The van der Waals surface area contributed by atoms with E-state index in [0.29, 0.717) is 45.4 Å². The Bertz CT molecular complexity index is 4330. The Labute approximate surface area is 621 Å². The first-order valence-electron chi connectivity index (χ1n) is 35.1. The number of aromatic amines is 3. The summed E-state index contributed by atoms with van der Waals surface area (Å²) in [5.41, 5.74) is 3.96. The lowest BCUT2D eigenvalue weighted by Gasteiger charge is -2.30. The molecule has 0 saturated carbocycles. The fraction of sp³-hybridized carbons (Fsp3) is 0.432. The Morgan fingerprint density at radius 2 is 1.10 bits per heavy atom. The van der Waals surface area contributed by atoms with Gasteiger partial charge in [0.25, 0.3) is 0 Å². The van der Waals surface area contributed by atoms with Gasteiger partial charge in [-0.05, 0) is 55.0 Å². The number of carboxylic acids is 2. The first-order valence-corrected chi connectivity index (χ1v) is 38.7. The van der Waals surface area contributed by atoms with Crippen molar-refractivity contribution in [2.45, 2.75) is 152 Å². The number of allylic oxidation sites excluding steroid dienone is 1. The summed E-state index contributed by atoms with van der Waals surface area (Å²) in [6.07, 6.45) is 4.84. The number of carbonyl (C=O) groups excluding carboxylic acids is 12. The van der Waals surface area contributed by atoms with Crippen LogP contribution in [0.1, 0.15) is 100 Å². The maximum absolute atomic E-state index is 15.7.